The highest BCUT2D eigenvalue weighted by atomic mass is 16.6. The Morgan fingerprint density at radius 2 is 2.00 bits per heavy atom. The summed E-state index contributed by atoms with van der Waals surface area (Å²) in [7, 11) is 3.41. The minimum Gasteiger partial charge on any atom is -0.497 e. The number of ether oxygens (including phenoxy) is 1. The molecule has 0 radical (unpaired) electrons. The van der Waals surface area contributed by atoms with Crippen molar-refractivity contribution in [2.45, 2.75) is 6.04 Å². The number of aryl methyl sites for hydroxylation is 1. The lowest BCUT2D eigenvalue weighted by molar-refractivity contribution is -0.384. The smallest absolute Gasteiger partial charge is 0.269 e. The van der Waals surface area contributed by atoms with E-state index in [-0.39, 0.29) is 11.6 Å². The van der Waals surface area contributed by atoms with E-state index in [1.807, 2.05) is 35.9 Å². The molecule has 0 saturated heterocycles. The second kappa shape index (κ2) is 7.69. The molecule has 0 fully saturated rings. The minimum atomic E-state index is -0.511. The second-order valence-corrected chi connectivity index (χ2v) is 5.88. The van der Waals surface area contributed by atoms with Crippen LogP contribution in [-0.2, 0) is 7.05 Å². The van der Waals surface area contributed by atoms with Crippen molar-refractivity contribution >= 4 is 11.6 Å². The molecule has 0 aliphatic rings. The number of nitro benzene ring substituents is 1. The molecule has 138 valence electrons. The quantitative estimate of drug-likeness (QED) is 0.534. The summed E-state index contributed by atoms with van der Waals surface area (Å²) in [6, 6.07) is 12.3. The lowest BCUT2D eigenvalue weighted by Crippen LogP contribution is -2.31. The number of nitrogens with one attached hydrogen (secondary N) is 1. The number of methoxy groups -OCH3 is 1. The van der Waals surface area contributed by atoms with Gasteiger partial charge in [0.05, 0.1) is 12.0 Å². The molecule has 0 aliphatic carbocycles. The van der Waals surface area contributed by atoms with E-state index in [2.05, 4.69) is 10.3 Å². The number of hydrogen-bond acceptors (Lipinski definition) is 5. The van der Waals surface area contributed by atoms with Crippen molar-refractivity contribution in [2.75, 3.05) is 7.11 Å². The Balaban J connectivity index is 1.92. The van der Waals surface area contributed by atoms with Gasteiger partial charge in [-0.15, -0.1) is 0 Å². The van der Waals surface area contributed by atoms with Gasteiger partial charge in [0.25, 0.3) is 11.6 Å². The molecule has 3 aromatic rings. The third kappa shape index (κ3) is 3.95. The number of rotatable bonds is 6. The summed E-state index contributed by atoms with van der Waals surface area (Å²) >= 11 is 0. The predicted octanol–water partition coefficient (Wildman–Crippen LogP) is 2.86. The molecule has 27 heavy (non-hydrogen) atoms. The fourth-order valence-corrected chi connectivity index (χ4v) is 2.72. The zero-order chi connectivity index (χ0) is 19.4. The number of non-ortho nitro benzene ring substituents is 1. The highest BCUT2D eigenvalue weighted by Gasteiger charge is 2.22. The number of carbonyl (C=O) groups excluding carboxylic acids is 1. The van der Waals surface area contributed by atoms with Crippen molar-refractivity contribution in [2.24, 2.45) is 7.05 Å². The molecule has 1 aromatic heterocycles. The van der Waals surface area contributed by atoms with Gasteiger partial charge in [-0.3, -0.25) is 14.9 Å². The van der Waals surface area contributed by atoms with Crippen LogP contribution in [0.15, 0.2) is 60.9 Å². The van der Waals surface area contributed by atoms with E-state index in [9.17, 15) is 14.9 Å². The van der Waals surface area contributed by atoms with Crippen LogP contribution in [0.4, 0.5) is 5.69 Å². The summed E-state index contributed by atoms with van der Waals surface area (Å²) in [5.41, 5.74) is 1.06. The van der Waals surface area contributed by atoms with E-state index >= 15 is 0 Å². The van der Waals surface area contributed by atoms with Crippen LogP contribution in [0.1, 0.15) is 27.8 Å². The molecule has 0 bridgehead atoms. The van der Waals surface area contributed by atoms with Crippen molar-refractivity contribution < 1.29 is 14.5 Å². The van der Waals surface area contributed by atoms with Crippen LogP contribution >= 0.6 is 0 Å². The standard InChI is InChI=1S/C19H18N4O4/c1-22-11-10-20-18(22)17(14-4-3-5-16(12-14)27-2)21-19(24)13-6-8-15(9-7-13)23(25)26/h3-12,17H,1-2H3,(H,21,24). The molecule has 0 aliphatic heterocycles. The molecular formula is C19H18N4O4. The SMILES string of the molecule is COc1cccc(C(NC(=O)c2ccc([N+](=O)[O-])cc2)c2nccn2C)c1. The molecule has 0 saturated carbocycles. The number of imidazole rings is 1. The molecule has 8 nitrogen and oxygen atoms in total. The molecule has 0 spiro atoms. The highest BCUT2D eigenvalue weighted by molar-refractivity contribution is 5.94. The summed E-state index contributed by atoms with van der Waals surface area (Å²) < 4.78 is 7.09. The Hall–Kier alpha value is -3.68. The molecule has 3 rings (SSSR count). The monoisotopic (exact) mass is 366 g/mol. The number of nitro groups is 1. The third-order valence-corrected chi connectivity index (χ3v) is 4.16. The van der Waals surface area contributed by atoms with E-state index < -0.39 is 11.0 Å². The number of aromatic nitrogens is 2. The van der Waals surface area contributed by atoms with Gasteiger partial charge in [-0.1, -0.05) is 12.1 Å². The molecule has 1 N–H and O–H groups in total. The topological polar surface area (TPSA) is 99.3 Å². The number of benzene rings is 2. The van der Waals surface area contributed by atoms with E-state index in [1.54, 1.807) is 19.5 Å². The maximum Gasteiger partial charge on any atom is 0.269 e. The van der Waals surface area contributed by atoms with Gasteiger partial charge >= 0.3 is 0 Å². The summed E-state index contributed by atoms with van der Waals surface area (Å²) in [6.07, 6.45) is 3.45. The van der Waals surface area contributed by atoms with Crippen molar-refractivity contribution in [3.63, 3.8) is 0 Å². The Morgan fingerprint density at radius 3 is 2.59 bits per heavy atom. The van der Waals surface area contributed by atoms with Crippen molar-refractivity contribution in [3.05, 3.63) is 88.0 Å². The average molecular weight is 366 g/mol. The van der Waals surface area contributed by atoms with E-state index in [4.69, 9.17) is 4.74 Å². The predicted molar refractivity (Wildman–Crippen MR) is 98.6 cm³/mol. The van der Waals surface area contributed by atoms with E-state index in [0.717, 1.165) is 5.56 Å². The van der Waals surface area contributed by atoms with Gasteiger partial charge in [0, 0.05) is 37.1 Å². The second-order valence-electron chi connectivity index (χ2n) is 5.88. The zero-order valence-corrected chi connectivity index (χ0v) is 14.8. The Morgan fingerprint density at radius 1 is 1.26 bits per heavy atom. The van der Waals surface area contributed by atoms with Crippen LogP contribution in [0.25, 0.3) is 0 Å². The van der Waals surface area contributed by atoms with Crippen LogP contribution in [-0.4, -0.2) is 27.5 Å². The molecule has 8 heteroatoms. The van der Waals surface area contributed by atoms with Crippen molar-refractivity contribution in [1.29, 1.82) is 0 Å². The lowest BCUT2D eigenvalue weighted by Gasteiger charge is -2.20. The van der Waals surface area contributed by atoms with E-state index in [0.29, 0.717) is 17.1 Å². The Kier molecular flexibility index (Phi) is 5.16. The Labute approximate surface area is 155 Å². The summed E-state index contributed by atoms with van der Waals surface area (Å²) in [6.45, 7) is 0. The molecule has 1 heterocycles. The van der Waals surface area contributed by atoms with Crippen LogP contribution in [0.5, 0.6) is 5.75 Å². The zero-order valence-electron chi connectivity index (χ0n) is 14.8. The van der Waals surface area contributed by atoms with Crippen molar-refractivity contribution in [3.8, 4) is 5.75 Å². The first-order valence-electron chi connectivity index (χ1n) is 8.16. The first kappa shape index (κ1) is 18.1. The maximum atomic E-state index is 12.7. The molecule has 1 unspecified atom stereocenters. The van der Waals surface area contributed by atoms with Gasteiger partial charge in [-0.2, -0.15) is 0 Å². The van der Waals surface area contributed by atoms with Gasteiger partial charge in [-0.05, 0) is 29.8 Å². The molecule has 1 atom stereocenters. The molecular weight excluding hydrogens is 348 g/mol. The van der Waals surface area contributed by atoms with Gasteiger partial charge < -0.3 is 14.6 Å². The fourth-order valence-electron chi connectivity index (χ4n) is 2.72. The summed E-state index contributed by atoms with van der Waals surface area (Å²) in [5, 5.41) is 13.7. The van der Waals surface area contributed by atoms with Crippen LogP contribution in [0, 0.1) is 10.1 Å². The number of nitrogens with zero attached hydrogens (tertiary/aromatic N) is 3. The third-order valence-electron chi connectivity index (χ3n) is 4.16. The first-order chi connectivity index (χ1) is 13.0. The van der Waals surface area contributed by atoms with Gasteiger partial charge in [-0.25, -0.2) is 4.98 Å². The van der Waals surface area contributed by atoms with Gasteiger partial charge in [0.2, 0.25) is 0 Å². The average Bonchev–Trinajstić information content (AvgIpc) is 3.11. The van der Waals surface area contributed by atoms with Gasteiger partial charge in [0.1, 0.15) is 17.6 Å². The molecule has 2 aromatic carbocycles. The molecule has 1 amide bonds. The van der Waals surface area contributed by atoms with E-state index in [1.165, 1.54) is 24.3 Å². The maximum absolute atomic E-state index is 12.7. The van der Waals surface area contributed by atoms with Crippen LogP contribution in [0.3, 0.4) is 0 Å². The van der Waals surface area contributed by atoms with Gasteiger partial charge in [0.15, 0.2) is 0 Å². The lowest BCUT2D eigenvalue weighted by atomic mass is 10.0. The minimum absolute atomic E-state index is 0.0694. The number of hydrogen-bond donors (Lipinski definition) is 1. The fraction of sp³-hybridized carbons (Fsp3) is 0.158. The summed E-state index contributed by atoms with van der Waals surface area (Å²) in [5.74, 6) is 0.954. The number of amides is 1. The summed E-state index contributed by atoms with van der Waals surface area (Å²) in [4.78, 5) is 27.3. The first-order valence-corrected chi connectivity index (χ1v) is 8.16. The highest BCUT2D eigenvalue weighted by Crippen LogP contribution is 2.25. The van der Waals surface area contributed by atoms with Crippen LogP contribution < -0.4 is 10.1 Å². The largest absolute Gasteiger partial charge is 0.497 e. The van der Waals surface area contributed by atoms with Crippen LogP contribution in [0.2, 0.25) is 0 Å². The normalized spacial score (nSPS) is 11.6. The number of carbonyl (C=O) groups is 1. The Bertz CT molecular complexity index is 966. The van der Waals surface area contributed by atoms with Crippen molar-refractivity contribution in [1.82, 2.24) is 14.9 Å².